The van der Waals surface area contributed by atoms with Gasteiger partial charge in [-0.15, -0.1) is 0 Å². The summed E-state index contributed by atoms with van der Waals surface area (Å²) in [6.45, 7) is 6.17. The van der Waals surface area contributed by atoms with Gasteiger partial charge in [-0.05, 0) is 56.7 Å². The molecule has 5 nitrogen and oxygen atoms in total. The van der Waals surface area contributed by atoms with Crippen LogP contribution >= 0.6 is 0 Å². The molecule has 2 heterocycles. The first-order valence-corrected chi connectivity index (χ1v) is 10.7. The third kappa shape index (κ3) is 3.90. The van der Waals surface area contributed by atoms with Crippen LogP contribution in [0, 0.1) is 5.92 Å². The molecule has 0 radical (unpaired) electrons. The minimum absolute atomic E-state index is 0.0149. The van der Waals surface area contributed by atoms with Gasteiger partial charge in [0.15, 0.2) is 0 Å². The molecule has 3 rings (SSSR count). The van der Waals surface area contributed by atoms with Crippen molar-refractivity contribution in [2.24, 2.45) is 5.92 Å². The molecule has 0 saturated carbocycles. The molecule has 0 spiro atoms. The van der Waals surface area contributed by atoms with Gasteiger partial charge in [-0.1, -0.05) is 19.4 Å². The van der Waals surface area contributed by atoms with E-state index in [1.165, 1.54) is 0 Å². The number of hydrogen-bond acceptors (Lipinski definition) is 3. The summed E-state index contributed by atoms with van der Waals surface area (Å²) in [5.41, 5.74) is 0.472. The van der Waals surface area contributed by atoms with Crippen LogP contribution in [0.25, 0.3) is 0 Å². The number of carbonyl (C=O) groups is 1. The number of amides is 1. The summed E-state index contributed by atoms with van der Waals surface area (Å²) in [7, 11) is -3.55. The number of likely N-dealkylation sites (tertiary alicyclic amines) is 1. The highest BCUT2D eigenvalue weighted by Gasteiger charge is 2.31. The van der Waals surface area contributed by atoms with Crippen molar-refractivity contribution in [2.45, 2.75) is 56.9 Å². The molecular weight excluding hydrogens is 336 g/mol. The Morgan fingerprint density at radius 1 is 1.08 bits per heavy atom. The zero-order chi connectivity index (χ0) is 18.0. The lowest BCUT2D eigenvalue weighted by molar-refractivity contribution is 0.0683. The number of piperidine rings is 2. The standard InChI is InChI=1S/C19H28N2O3S/c1-15-7-6-11-20(14-15)19(22)17-9-5-10-18(13-17)25(23,24)21-12-4-3-8-16(21)2/h5,9-10,13,15-16H,3-4,6-8,11-12,14H2,1-2H3. The van der Waals surface area contributed by atoms with Crippen LogP contribution in [0.5, 0.6) is 0 Å². The van der Waals surface area contributed by atoms with E-state index in [0.29, 0.717) is 18.0 Å². The molecular formula is C19H28N2O3S. The summed E-state index contributed by atoms with van der Waals surface area (Å²) in [6, 6.07) is 6.58. The molecule has 0 aliphatic carbocycles. The quantitative estimate of drug-likeness (QED) is 0.828. The van der Waals surface area contributed by atoms with Crippen molar-refractivity contribution < 1.29 is 13.2 Å². The second-order valence-corrected chi connectivity index (χ2v) is 9.38. The first kappa shape index (κ1) is 18.4. The van der Waals surface area contributed by atoms with E-state index in [0.717, 1.165) is 45.2 Å². The number of sulfonamides is 1. The van der Waals surface area contributed by atoms with Crippen molar-refractivity contribution in [3.8, 4) is 0 Å². The normalized spacial score (nSPS) is 25.8. The van der Waals surface area contributed by atoms with Crippen LogP contribution in [0.15, 0.2) is 29.2 Å². The maximum absolute atomic E-state index is 13.0. The third-order valence-corrected chi connectivity index (χ3v) is 7.38. The van der Waals surface area contributed by atoms with E-state index in [1.54, 1.807) is 28.6 Å². The van der Waals surface area contributed by atoms with Gasteiger partial charge in [0.05, 0.1) is 4.90 Å². The Kier molecular flexibility index (Phi) is 5.49. The van der Waals surface area contributed by atoms with Crippen LogP contribution in [0.2, 0.25) is 0 Å². The predicted octanol–water partition coefficient (Wildman–Crippen LogP) is 3.12. The van der Waals surface area contributed by atoms with E-state index >= 15 is 0 Å². The molecule has 0 aromatic heterocycles. The highest BCUT2D eigenvalue weighted by atomic mass is 32.2. The minimum Gasteiger partial charge on any atom is -0.338 e. The summed E-state index contributed by atoms with van der Waals surface area (Å²) >= 11 is 0. The lowest BCUT2D eigenvalue weighted by atomic mass is 9.99. The molecule has 2 unspecified atom stereocenters. The average Bonchev–Trinajstić information content (AvgIpc) is 2.61. The average molecular weight is 365 g/mol. The van der Waals surface area contributed by atoms with E-state index in [1.807, 2.05) is 11.8 Å². The van der Waals surface area contributed by atoms with Gasteiger partial charge in [0.1, 0.15) is 0 Å². The molecule has 2 aliphatic rings. The lowest BCUT2D eigenvalue weighted by Gasteiger charge is -2.33. The second kappa shape index (κ2) is 7.46. The fourth-order valence-electron chi connectivity index (χ4n) is 3.91. The first-order valence-electron chi connectivity index (χ1n) is 9.31. The van der Waals surface area contributed by atoms with Gasteiger partial charge in [-0.2, -0.15) is 4.31 Å². The highest BCUT2D eigenvalue weighted by molar-refractivity contribution is 7.89. The topological polar surface area (TPSA) is 57.7 Å². The van der Waals surface area contributed by atoms with Crippen molar-refractivity contribution in [2.75, 3.05) is 19.6 Å². The Labute approximate surface area is 151 Å². The second-order valence-electron chi connectivity index (χ2n) is 7.49. The van der Waals surface area contributed by atoms with Gasteiger partial charge in [0.25, 0.3) is 5.91 Å². The van der Waals surface area contributed by atoms with Crippen molar-refractivity contribution in [1.82, 2.24) is 9.21 Å². The van der Waals surface area contributed by atoms with Crippen molar-refractivity contribution in [3.05, 3.63) is 29.8 Å². The Morgan fingerprint density at radius 2 is 1.88 bits per heavy atom. The summed E-state index contributed by atoms with van der Waals surface area (Å²) in [6.07, 6.45) is 5.01. The highest BCUT2D eigenvalue weighted by Crippen LogP contribution is 2.26. The molecule has 1 aromatic carbocycles. The number of carbonyl (C=O) groups excluding carboxylic acids is 1. The molecule has 138 valence electrons. The molecule has 2 aliphatic heterocycles. The summed E-state index contributed by atoms with van der Waals surface area (Å²) < 4.78 is 27.6. The Morgan fingerprint density at radius 3 is 2.60 bits per heavy atom. The molecule has 1 amide bonds. The van der Waals surface area contributed by atoms with Gasteiger partial charge in [0, 0.05) is 31.2 Å². The fraction of sp³-hybridized carbons (Fsp3) is 0.632. The molecule has 2 atom stereocenters. The van der Waals surface area contributed by atoms with Gasteiger partial charge >= 0.3 is 0 Å². The van der Waals surface area contributed by atoms with Gasteiger partial charge in [-0.3, -0.25) is 4.79 Å². The van der Waals surface area contributed by atoms with Crippen LogP contribution in [-0.4, -0.2) is 49.2 Å². The maximum Gasteiger partial charge on any atom is 0.253 e. The van der Waals surface area contributed by atoms with Crippen LogP contribution < -0.4 is 0 Å². The van der Waals surface area contributed by atoms with Crippen LogP contribution in [0.4, 0.5) is 0 Å². The monoisotopic (exact) mass is 364 g/mol. The van der Waals surface area contributed by atoms with Crippen molar-refractivity contribution in [1.29, 1.82) is 0 Å². The predicted molar refractivity (Wildman–Crippen MR) is 97.9 cm³/mol. The molecule has 0 bridgehead atoms. The third-order valence-electron chi connectivity index (χ3n) is 5.37. The molecule has 2 saturated heterocycles. The van der Waals surface area contributed by atoms with Crippen molar-refractivity contribution >= 4 is 15.9 Å². The Bertz CT molecular complexity index is 732. The zero-order valence-corrected chi connectivity index (χ0v) is 16.0. The fourth-order valence-corrected chi connectivity index (χ4v) is 5.66. The van der Waals surface area contributed by atoms with Crippen LogP contribution in [0.1, 0.15) is 56.3 Å². The van der Waals surface area contributed by atoms with E-state index < -0.39 is 10.0 Å². The summed E-state index contributed by atoms with van der Waals surface area (Å²) in [5.74, 6) is 0.439. The number of hydrogen-bond donors (Lipinski definition) is 0. The molecule has 25 heavy (non-hydrogen) atoms. The molecule has 2 fully saturated rings. The zero-order valence-electron chi connectivity index (χ0n) is 15.1. The Hall–Kier alpha value is -1.40. The SMILES string of the molecule is CC1CCCN(C(=O)c2cccc(S(=O)(=O)N3CCCCC3C)c2)C1. The van der Waals surface area contributed by atoms with Crippen LogP contribution in [-0.2, 0) is 10.0 Å². The first-order chi connectivity index (χ1) is 11.9. The number of benzene rings is 1. The largest absolute Gasteiger partial charge is 0.338 e. The van der Waals surface area contributed by atoms with E-state index in [4.69, 9.17) is 0 Å². The van der Waals surface area contributed by atoms with E-state index in [2.05, 4.69) is 6.92 Å². The molecule has 0 N–H and O–H groups in total. The summed E-state index contributed by atoms with van der Waals surface area (Å²) in [4.78, 5) is 14.9. The van der Waals surface area contributed by atoms with Crippen molar-refractivity contribution in [3.63, 3.8) is 0 Å². The van der Waals surface area contributed by atoms with Gasteiger partial charge in [0.2, 0.25) is 10.0 Å². The van der Waals surface area contributed by atoms with E-state index in [-0.39, 0.29) is 16.8 Å². The smallest absolute Gasteiger partial charge is 0.253 e. The maximum atomic E-state index is 13.0. The summed E-state index contributed by atoms with van der Waals surface area (Å²) in [5, 5.41) is 0. The van der Waals surface area contributed by atoms with Crippen LogP contribution in [0.3, 0.4) is 0 Å². The Balaban J connectivity index is 1.84. The van der Waals surface area contributed by atoms with Gasteiger partial charge in [-0.25, -0.2) is 8.42 Å². The molecule has 6 heteroatoms. The lowest BCUT2D eigenvalue weighted by Crippen LogP contribution is -2.42. The van der Waals surface area contributed by atoms with E-state index in [9.17, 15) is 13.2 Å². The minimum atomic E-state index is -3.55. The number of rotatable bonds is 3. The van der Waals surface area contributed by atoms with Gasteiger partial charge < -0.3 is 4.90 Å². The number of nitrogens with zero attached hydrogens (tertiary/aromatic N) is 2. The molecule has 1 aromatic rings.